The highest BCUT2D eigenvalue weighted by Crippen LogP contribution is 2.19. The van der Waals surface area contributed by atoms with Crippen molar-refractivity contribution in [1.82, 2.24) is 10.2 Å². The average molecular weight is 302 g/mol. The molecule has 0 aromatic carbocycles. The first-order chi connectivity index (χ1) is 9.99. The van der Waals surface area contributed by atoms with Gasteiger partial charge in [-0.3, -0.25) is 4.79 Å². The van der Waals surface area contributed by atoms with Gasteiger partial charge < -0.3 is 25.2 Å². The number of carboxylic acids is 1. The fourth-order valence-electron chi connectivity index (χ4n) is 2.40. The van der Waals surface area contributed by atoms with Crippen molar-refractivity contribution >= 4 is 18.0 Å². The van der Waals surface area contributed by atoms with E-state index in [4.69, 9.17) is 10.2 Å². The summed E-state index contributed by atoms with van der Waals surface area (Å²) in [6, 6.07) is -1.94. The number of nitrogens with zero attached hydrogens (tertiary/aromatic N) is 1. The van der Waals surface area contributed by atoms with E-state index in [9.17, 15) is 14.4 Å². The van der Waals surface area contributed by atoms with E-state index < -0.39 is 30.4 Å². The Labute approximate surface area is 123 Å². The Morgan fingerprint density at radius 3 is 2.67 bits per heavy atom. The summed E-state index contributed by atoms with van der Waals surface area (Å²) in [6.45, 7) is 0.486. The van der Waals surface area contributed by atoms with E-state index in [-0.39, 0.29) is 12.6 Å². The van der Waals surface area contributed by atoms with Gasteiger partial charge in [0.1, 0.15) is 6.04 Å². The lowest BCUT2D eigenvalue weighted by atomic mass is 10.00. The number of carbonyl (C=O) groups is 3. The van der Waals surface area contributed by atoms with Crippen LogP contribution in [0.5, 0.6) is 0 Å². The summed E-state index contributed by atoms with van der Waals surface area (Å²) < 4.78 is 4.42. The molecule has 3 N–H and O–H groups in total. The zero-order valence-electron chi connectivity index (χ0n) is 12.1. The molecule has 1 heterocycles. The SMILES string of the molecule is COC(=O)C[C@H](NC(=O)N1CCCCC1CCO)C(=O)O. The third-order valence-corrected chi connectivity index (χ3v) is 3.54. The van der Waals surface area contributed by atoms with E-state index in [1.807, 2.05) is 0 Å². The van der Waals surface area contributed by atoms with Gasteiger partial charge in [0.05, 0.1) is 13.5 Å². The van der Waals surface area contributed by atoms with Gasteiger partial charge in [-0.25, -0.2) is 9.59 Å². The molecule has 0 aromatic heterocycles. The molecule has 8 heteroatoms. The third kappa shape index (κ3) is 5.22. The summed E-state index contributed by atoms with van der Waals surface area (Å²) in [7, 11) is 1.16. The Bertz CT molecular complexity index is 385. The number of esters is 1. The van der Waals surface area contributed by atoms with Gasteiger partial charge in [-0.2, -0.15) is 0 Å². The smallest absolute Gasteiger partial charge is 0.326 e. The molecule has 0 aliphatic carbocycles. The lowest BCUT2D eigenvalue weighted by molar-refractivity contribution is -0.147. The van der Waals surface area contributed by atoms with E-state index in [1.165, 1.54) is 4.90 Å². The quantitative estimate of drug-likeness (QED) is 0.592. The lowest BCUT2D eigenvalue weighted by Crippen LogP contribution is -2.53. The molecular formula is C13H22N2O6. The predicted molar refractivity (Wildman–Crippen MR) is 72.6 cm³/mol. The standard InChI is InChI=1S/C13H22N2O6/c1-21-11(17)8-10(12(18)19)14-13(20)15-6-3-2-4-9(15)5-7-16/h9-10,16H,2-8H2,1H3,(H,14,20)(H,18,19)/t9?,10-/m0/s1. The van der Waals surface area contributed by atoms with Gasteiger partial charge in [0, 0.05) is 19.2 Å². The van der Waals surface area contributed by atoms with Crippen molar-refractivity contribution in [2.75, 3.05) is 20.3 Å². The molecule has 2 atom stereocenters. The van der Waals surface area contributed by atoms with Crippen LogP contribution in [0.4, 0.5) is 4.79 Å². The maximum atomic E-state index is 12.2. The van der Waals surface area contributed by atoms with Crippen LogP contribution >= 0.6 is 0 Å². The number of likely N-dealkylation sites (tertiary alicyclic amines) is 1. The van der Waals surface area contributed by atoms with E-state index in [2.05, 4.69) is 10.1 Å². The van der Waals surface area contributed by atoms with Crippen LogP contribution in [0.2, 0.25) is 0 Å². The summed E-state index contributed by atoms with van der Waals surface area (Å²) in [5, 5.41) is 20.4. The Balaban J connectivity index is 2.66. The number of hydrogen-bond donors (Lipinski definition) is 3. The minimum absolute atomic E-state index is 0.0288. The normalized spacial score (nSPS) is 19.7. The summed E-state index contributed by atoms with van der Waals surface area (Å²) in [6.07, 6.45) is 2.63. The van der Waals surface area contributed by atoms with Gasteiger partial charge in [0.2, 0.25) is 0 Å². The Hall–Kier alpha value is -1.83. The van der Waals surface area contributed by atoms with Crippen LogP contribution in [0.15, 0.2) is 0 Å². The molecule has 1 rings (SSSR count). The largest absolute Gasteiger partial charge is 0.480 e. The van der Waals surface area contributed by atoms with Crippen LogP contribution in [0.1, 0.15) is 32.1 Å². The van der Waals surface area contributed by atoms with Crippen molar-refractivity contribution < 1.29 is 29.3 Å². The highest BCUT2D eigenvalue weighted by Gasteiger charge is 2.30. The van der Waals surface area contributed by atoms with E-state index >= 15 is 0 Å². The summed E-state index contributed by atoms with van der Waals surface area (Å²) >= 11 is 0. The zero-order valence-corrected chi connectivity index (χ0v) is 12.1. The number of aliphatic hydroxyl groups excluding tert-OH is 1. The predicted octanol–water partition coefficient (Wildman–Crippen LogP) is -0.0508. The molecule has 21 heavy (non-hydrogen) atoms. The molecule has 0 aromatic rings. The second-order valence-corrected chi connectivity index (χ2v) is 4.98. The Kier molecular flexibility index (Phi) is 6.93. The molecule has 1 unspecified atom stereocenters. The van der Waals surface area contributed by atoms with Crippen LogP contribution in [-0.2, 0) is 14.3 Å². The topological polar surface area (TPSA) is 116 Å². The van der Waals surface area contributed by atoms with Gasteiger partial charge in [-0.15, -0.1) is 0 Å². The third-order valence-electron chi connectivity index (χ3n) is 3.54. The summed E-state index contributed by atoms with van der Waals surface area (Å²) in [4.78, 5) is 36.0. The first kappa shape index (κ1) is 17.2. The zero-order chi connectivity index (χ0) is 15.8. The minimum Gasteiger partial charge on any atom is -0.480 e. The minimum atomic E-state index is -1.32. The molecule has 120 valence electrons. The molecule has 0 saturated carbocycles. The number of ether oxygens (including phenoxy) is 1. The molecule has 0 radical (unpaired) electrons. The first-order valence-electron chi connectivity index (χ1n) is 6.97. The molecule has 2 amide bonds. The molecule has 1 saturated heterocycles. The highest BCUT2D eigenvalue weighted by atomic mass is 16.5. The summed E-state index contributed by atoms with van der Waals surface area (Å²) in [5.41, 5.74) is 0. The monoisotopic (exact) mass is 302 g/mol. The average Bonchev–Trinajstić information content (AvgIpc) is 2.47. The lowest BCUT2D eigenvalue weighted by Gasteiger charge is -2.36. The number of carboxylic acid groups (broad SMARTS) is 1. The molecule has 1 aliphatic rings. The van der Waals surface area contributed by atoms with E-state index in [0.29, 0.717) is 13.0 Å². The van der Waals surface area contributed by atoms with Crippen molar-refractivity contribution in [2.24, 2.45) is 0 Å². The van der Waals surface area contributed by atoms with Gasteiger partial charge in [0.15, 0.2) is 0 Å². The van der Waals surface area contributed by atoms with Crippen LogP contribution in [0.3, 0.4) is 0 Å². The highest BCUT2D eigenvalue weighted by molar-refractivity contribution is 5.86. The Morgan fingerprint density at radius 1 is 1.38 bits per heavy atom. The van der Waals surface area contributed by atoms with Crippen LogP contribution in [0, 0.1) is 0 Å². The van der Waals surface area contributed by atoms with Crippen molar-refractivity contribution in [1.29, 1.82) is 0 Å². The molecular weight excluding hydrogens is 280 g/mol. The van der Waals surface area contributed by atoms with Crippen LogP contribution in [-0.4, -0.2) is 65.4 Å². The maximum absolute atomic E-state index is 12.2. The second kappa shape index (κ2) is 8.46. The number of nitrogens with one attached hydrogen (secondary N) is 1. The van der Waals surface area contributed by atoms with Gasteiger partial charge in [0.25, 0.3) is 0 Å². The maximum Gasteiger partial charge on any atom is 0.326 e. The summed E-state index contributed by atoms with van der Waals surface area (Å²) in [5.74, 6) is -1.99. The number of amides is 2. The number of aliphatic hydroxyl groups is 1. The van der Waals surface area contributed by atoms with E-state index in [1.54, 1.807) is 0 Å². The first-order valence-corrected chi connectivity index (χ1v) is 6.97. The Morgan fingerprint density at radius 2 is 2.10 bits per heavy atom. The number of hydrogen-bond acceptors (Lipinski definition) is 5. The fourth-order valence-corrected chi connectivity index (χ4v) is 2.40. The number of aliphatic carboxylic acids is 1. The van der Waals surface area contributed by atoms with Gasteiger partial charge >= 0.3 is 18.0 Å². The molecule has 8 nitrogen and oxygen atoms in total. The van der Waals surface area contributed by atoms with Crippen molar-refractivity contribution in [2.45, 2.75) is 44.2 Å². The van der Waals surface area contributed by atoms with E-state index in [0.717, 1.165) is 26.4 Å². The molecule has 0 spiro atoms. The number of rotatable bonds is 6. The second-order valence-electron chi connectivity index (χ2n) is 4.98. The number of carbonyl (C=O) groups excluding carboxylic acids is 2. The molecule has 0 bridgehead atoms. The van der Waals surface area contributed by atoms with Crippen molar-refractivity contribution in [3.8, 4) is 0 Å². The fraction of sp³-hybridized carbons (Fsp3) is 0.769. The van der Waals surface area contributed by atoms with Crippen LogP contribution in [0.25, 0.3) is 0 Å². The number of piperidine rings is 1. The molecule has 1 aliphatic heterocycles. The van der Waals surface area contributed by atoms with Crippen LogP contribution < -0.4 is 5.32 Å². The molecule has 1 fully saturated rings. The van der Waals surface area contributed by atoms with Crippen molar-refractivity contribution in [3.05, 3.63) is 0 Å². The van der Waals surface area contributed by atoms with Gasteiger partial charge in [-0.05, 0) is 25.7 Å². The number of urea groups is 1. The van der Waals surface area contributed by atoms with Crippen molar-refractivity contribution in [3.63, 3.8) is 0 Å². The van der Waals surface area contributed by atoms with Gasteiger partial charge in [-0.1, -0.05) is 0 Å². The number of methoxy groups -OCH3 is 1.